The monoisotopic (exact) mass is 487 g/mol. The largest absolute Gasteiger partial charge is 0.454 e. The van der Waals surface area contributed by atoms with Crippen molar-refractivity contribution in [3.8, 4) is 11.8 Å². The van der Waals surface area contributed by atoms with Gasteiger partial charge in [0.05, 0.1) is 33.8 Å². The highest BCUT2D eigenvalue weighted by Crippen LogP contribution is 2.41. The number of rotatable bonds is 3. The fraction of sp³-hybridized carbons (Fsp3) is 0.194. The minimum atomic E-state index is -0.454. The van der Waals surface area contributed by atoms with Crippen LogP contribution in [0.4, 0.5) is 5.69 Å². The van der Waals surface area contributed by atoms with Gasteiger partial charge in [-0.25, -0.2) is 4.57 Å². The molecule has 0 unspecified atom stereocenters. The number of nitriles is 1. The quantitative estimate of drug-likeness (QED) is 0.173. The van der Waals surface area contributed by atoms with Crippen LogP contribution < -0.4 is 16.9 Å². The molecular weight excluding hydrogens is 462 g/mol. The van der Waals surface area contributed by atoms with Crippen LogP contribution in [0.2, 0.25) is 0 Å². The summed E-state index contributed by atoms with van der Waals surface area (Å²) in [5, 5.41) is 13.2. The highest BCUT2D eigenvalue weighted by molar-refractivity contribution is 6.29. The molecule has 6 rings (SSSR count). The zero-order chi connectivity index (χ0) is 26.2. The Labute approximate surface area is 212 Å². The third-order valence-corrected chi connectivity index (χ3v) is 7.31. The first-order chi connectivity index (χ1) is 17.7. The Morgan fingerprint density at radius 3 is 2.05 bits per heavy atom. The summed E-state index contributed by atoms with van der Waals surface area (Å²) in [7, 11) is 0. The van der Waals surface area contributed by atoms with Gasteiger partial charge in [0, 0.05) is 21.5 Å². The van der Waals surface area contributed by atoms with Gasteiger partial charge in [0.1, 0.15) is 5.58 Å². The number of aromatic nitrogens is 1. The van der Waals surface area contributed by atoms with E-state index in [2.05, 4.69) is 6.07 Å². The Kier molecular flexibility index (Phi) is 4.89. The van der Waals surface area contributed by atoms with Gasteiger partial charge in [-0.2, -0.15) is 5.26 Å². The highest BCUT2D eigenvalue weighted by Gasteiger charge is 2.26. The molecule has 2 heterocycles. The van der Waals surface area contributed by atoms with Crippen LogP contribution in [0.25, 0.3) is 49.2 Å². The molecule has 0 radical (unpaired) electrons. The van der Waals surface area contributed by atoms with Crippen molar-refractivity contribution in [2.75, 3.05) is 5.73 Å². The number of nitrogen functional groups attached to an aromatic ring is 1. The molecular formula is C31H25N3O3. The number of para-hydroxylation sites is 2. The van der Waals surface area contributed by atoms with E-state index < -0.39 is 11.1 Å². The first-order valence-corrected chi connectivity index (χ1v) is 12.4. The van der Waals surface area contributed by atoms with Crippen LogP contribution in [-0.4, -0.2) is 4.57 Å². The second kappa shape index (κ2) is 7.94. The van der Waals surface area contributed by atoms with Crippen LogP contribution in [0.15, 0.2) is 68.6 Å². The van der Waals surface area contributed by atoms with E-state index in [4.69, 9.17) is 10.2 Å². The van der Waals surface area contributed by atoms with Crippen LogP contribution in [0.3, 0.4) is 0 Å². The molecule has 0 saturated heterocycles. The molecule has 0 aliphatic heterocycles. The smallest absolute Gasteiger partial charge is 0.266 e. The average Bonchev–Trinajstić information content (AvgIpc) is 2.89. The zero-order valence-corrected chi connectivity index (χ0v) is 21.0. The van der Waals surface area contributed by atoms with Crippen molar-refractivity contribution in [2.45, 2.75) is 39.5 Å². The van der Waals surface area contributed by atoms with Gasteiger partial charge in [-0.1, -0.05) is 64.1 Å². The Balaban J connectivity index is 1.92. The maximum Gasteiger partial charge on any atom is 0.266 e. The second-order valence-electron chi connectivity index (χ2n) is 10.2. The van der Waals surface area contributed by atoms with Crippen LogP contribution in [0.1, 0.15) is 56.2 Å². The Bertz CT molecular complexity index is 2030. The molecule has 0 spiro atoms. The van der Waals surface area contributed by atoms with Crippen molar-refractivity contribution in [1.82, 2.24) is 4.57 Å². The van der Waals surface area contributed by atoms with E-state index in [9.17, 15) is 14.9 Å². The normalized spacial score (nSPS) is 12.0. The molecule has 0 fully saturated rings. The predicted molar refractivity (Wildman–Crippen MR) is 149 cm³/mol. The Morgan fingerprint density at radius 2 is 1.43 bits per heavy atom. The fourth-order valence-electron chi connectivity index (χ4n) is 5.62. The first-order valence-electron chi connectivity index (χ1n) is 12.4. The summed E-state index contributed by atoms with van der Waals surface area (Å²) in [6.07, 6.45) is 0. The summed E-state index contributed by atoms with van der Waals surface area (Å²) in [5.74, 6) is 0.159. The molecule has 182 valence electrons. The van der Waals surface area contributed by atoms with Gasteiger partial charge in [-0.3, -0.25) is 9.59 Å². The van der Waals surface area contributed by atoms with Gasteiger partial charge in [0.2, 0.25) is 0 Å². The SMILES string of the molecule is CC(C)c1cccc(C(C)C)c1-n1c(=O)c2cc(N)c3oc4ccccc4c4c(C#N)cc(c1=O)c2c34. The summed E-state index contributed by atoms with van der Waals surface area (Å²) < 4.78 is 7.45. The van der Waals surface area contributed by atoms with Crippen molar-refractivity contribution < 1.29 is 4.42 Å². The van der Waals surface area contributed by atoms with Gasteiger partial charge in [-0.15, -0.1) is 0 Å². The Morgan fingerprint density at radius 1 is 0.811 bits per heavy atom. The van der Waals surface area contributed by atoms with Crippen LogP contribution in [-0.2, 0) is 0 Å². The molecule has 2 aromatic heterocycles. The number of hydrogen-bond donors (Lipinski definition) is 1. The van der Waals surface area contributed by atoms with Crippen molar-refractivity contribution in [1.29, 1.82) is 5.26 Å². The van der Waals surface area contributed by atoms with E-state index in [0.29, 0.717) is 49.3 Å². The van der Waals surface area contributed by atoms with E-state index in [1.54, 1.807) is 12.1 Å². The summed E-state index contributed by atoms with van der Waals surface area (Å²) in [5.41, 5.74) is 9.57. The minimum absolute atomic E-state index is 0.0794. The molecule has 0 atom stereocenters. The van der Waals surface area contributed by atoms with Crippen molar-refractivity contribution >= 4 is 49.2 Å². The molecule has 37 heavy (non-hydrogen) atoms. The average molecular weight is 488 g/mol. The van der Waals surface area contributed by atoms with Crippen molar-refractivity contribution in [3.63, 3.8) is 0 Å². The topological polar surface area (TPSA) is 102 Å². The van der Waals surface area contributed by atoms with E-state index >= 15 is 0 Å². The molecule has 6 aromatic rings. The molecule has 4 aromatic carbocycles. The van der Waals surface area contributed by atoms with Gasteiger partial charge < -0.3 is 10.2 Å². The number of benzene rings is 4. The van der Waals surface area contributed by atoms with Gasteiger partial charge in [0.25, 0.3) is 11.1 Å². The minimum Gasteiger partial charge on any atom is -0.454 e. The number of pyridine rings is 1. The lowest BCUT2D eigenvalue weighted by Gasteiger charge is -2.22. The lowest BCUT2D eigenvalue weighted by Crippen LogP contribution is -2.34. The molecule has 0 amide bonds. The second-order valence-corrected chi connectivity index (χ2v) is 10.2. The van der Waals surface area contributed by atoms with E-state index in [1.807, 2.05) is 70.2 Å². The van der Waals surface area contributed by atoms with Crippen molar-refractivity contribution in [3.05, 3.63) is 92.0 Å². The summed E-state index contributed by atoms with van der Waals surface area (Å²) >= 11 is 0. The third kappa shape index (κ3) is 3.04. The standard InChI is InChI=1S/C31H25N3O3/c1-15(2)18-9-7-10-19(16(3)4)28(18)34-30(35)21-12-17(14-32)25-20-8-5-6-11-24(20)37-29-23(33)13-22(31(34)36)26(21)27(25)29/h5-13,15-16H,33H2,1-4H3. The molecule has 0 bridgehead atoms. The number of nitrogens with zero attached hydrogens (tertiary/aromatic N) is 2. The predicted octanol–water partition coefficient (Wildman–Crippen LogP) is 6.54. The Hall–Kier alpha value is -4.63. The zero-order valence-electron chi connectivity index (χ0n) is 21.0. The van der Waals surface area contributed by atoms with Crippen LogP contribution >= 0.6 is 0 Å². The summed E-state index contributed by atoms with van der Waals surface area (Å²) in [6.45, 7) is 8.17. The van der Waals surface area contributed by atoms with Gasteiger partial charge in [-0.05, 0) is 41.2 Å². The highest BCUT2D eigenvalue weighted by atomic mass is 16.3. The van der Waals surface area contributed by atoms with Crippen molar-refractivity contribution in [2.24, 2.45) is 0 Å². The number of hydrogen-bond acceptors (Lipinski definition) is 5. The third-order valence-electron chi connectivity index (χ3n) is 7.31. The first kappa shape index (κ1) is 22.8. The van der Waals surface area contributed by atoms with Crippen LogP contribution in [0.5, 0.6) is 0 Å². The van der Waals surface area contributed by atoms with Gasteiger partial charge in [0.15, 0.2) is 5.58 Å². The molecule has 2 N–H and O–H groups in total. The lowest BCUT2D eigenvalue weighted by atomic mass is 9.90. The number of nitrogens with two attached hydrogens (primary N) is 1. The molecule has 0 saturated carbocycles. The lowest BCUT2D eigenvalue weighted by molar-refractivity contribution is 0.663. The molecule has 0 aliphatic carbocycles. The summed E-state index contributed by atoms with van der Waals surface area (Å²) in [6, 6.07) is 18.8. The maximum atomic E-state index is 14.2. The summed E-state index contributed by atoms with van der Waals surface area (Å²) in [4.78, 5) is 28.4. The van der Waals surface area contributed by atoms with Crippen LogP contribution in [0, 0.1) is 11.3 Å². The van der Waals surface area contributed by atoms with E-state index in [0.717, 1.165) is 16.5 Å². The van der Waals surface area contributed by atoms with E-state index in [1.165, 1.54) is 4.57 Å². The molecule has 0 aliphatic rings. The molecule has 6 heteroatoms. The number of anilines is 1. The fourth-order valence-corrected chi connectivity index (χ4v) is 5.62. The molecule has 6 nitrogen and oxygen atoms in total. The van der Waals surface area contributed by atoms with E-state index in [-0.39, 0.29) is 17.5 Å². The van der Waals surface area contributed by atoms with Gasteiger partial charge >= 0.3 is 0 Å². The number of fused-ring (bicyclic) bond motifs is 2. The maximum absolute atomic E-state index is 14.2.